The zero-order valence-corrected chi connectivity index (χ0v) is 12.8. The minimum Gasteiger partial charge on any atom is -0.351 e. The third kappa shape index (κ3) is 2.87. The second-order valence-electron chi connectivity index (χ2n) is 6.12. The van der Waals surface area contributed by atoms with Gasteiger partial charge in [-0.05, 0) is 38.6 Å². The molecule has 0 aliphatic heterocycles. The maximum atomic E-state index is 12.4. The van der Waals surface area contributed by atoms with Crippen LogP contribution in [-0.2, 0) is 7.05 Å². The Morgan fingerprint density at radius 1 is 1.35 bits per heavy atom. The molecule has 0 saturated heterocycles. The summed E-state index contributed by atoms with van der Waals surface area (Å²) in [7, 11) is 1.86. The molecule has 1 fully saturated rings. The molecule has 1 aromatic rings. The summed E-state index contributed by atoms with van der Waals surface area (Å²) in [5, 5.41) is 7.38. The molecule has 5 nitrogen and oxygen atoms in total. The molecule has 0 aromatic carbocycles. The van der Waals surface area contributed by atoms with Crippen molar-refractivity contribution in [3.05, 3.63) is 17.0 Å². The Balaban J connectivity index is 2.04. The van der Waals surface area contributed by atoms with Crippen LogP contribution in [0, 0.1) is 19.3 Å². The fourth-order valence-electron chi connectivity index (χ4n) is 3.21. The Hall–Kier alpha value is -1.36. The molecular weight excluding hydrogens is 252 g/mol. The highest BCUT2D eigenvalue weighted by molar-refractivity contribution is 5.96. The summed E-state index contributed by atoms with van der Waals surface area (Å²) >= 11 is 0. The van der Waals surface area contributed by atoms with E-state index < -0.39 is 0 Å². The average Bonchev–Trinajstić information content (AvgIpc) is 2.71. The minimum atomic E-state index is -0.0218. The van der Waals surface area contributed by atoms with Crippen molar-refractivity contribution in [2.45, 2.75) is 46.0 Å². The fraction of sp³-hybridized carbons (Fsp3) is 0.733. The van der Waals surface area contributed by atoms with E-state index in [-0.39, 0.29) is 11.3 Å². The van der Waals surface area contributed by atoms with Crippen LogP contribution in [0.1, 0.15) is 53.8 Å². The van der Waals surface area contributed by atoms with Gasteiger partial charge in [0.1, 0.15) is 0 Å². The number of carbonyl (C=O) groups is 1. The van der Waals surface area contributed by atoms with Crippen molar-refractivity contribution in [2.24, 2.45) is 18.2 Å². The number of nitrogens with one attached hydrogen (secondary N) is 1. The minimum absolute atomic E-state index is 0.0218. The van der Waals surface area contributed by atoms with Crippen LogP contribution >= 0.6 is 0 Å². The van der Waals surface area contributed by atoms with Gasteiger partial charge in [0.15, 0.2) is 0 Å². The van der Waals surface area contributed by atoms with E-state index in [1.807, 2.05) is 20.9 Å². The number of amides is 1. The third-order valence-electron chi connectivity index (χ3n) is 4.71. The Morgan fingerprint density at radius 3 is 2.50 bits per heavy atom. The van der Waals surface area contributed by atoms with Gasteiger partial charge in [-0.15, -0.1) is 0 Å². The molecule has 3 N–H and O–H groups in total. The standard InChI is InChI=1S/C15H26N4O/c1-11-13(12(2)19(3)18-11)14(20)17-10-15(9-16)7-5-4-6-8-15/h4-10,16H2,1-3H3,(H,17,20). The summed E-state index contributed by atoms with van der Waals surface area (Å²) in [6.45, 7) is 5.13. The van der Waals surface area contributed by atoms with E-state index in [0.717, 1.165) is 24.2 Å². The first-order chi connectivity index (χ1) is 9.49. The lowest BCUT2D eigenvalue weighted by Gasteiger charge is -2.36. The maximum absolute atomic E-state index is 12.4. The quantitative estimate of drug-likeness (QED) is 0.880. The van der Waals surface area contributed by atoms with Gasteiger partial charge in [0.05, 0.1) is 11.3 Å². The molecule has 2 rings (SSSR count). The average molecular weight is 278 g/mol. The number of nitrogens with two attached hydrogens (primary N) is 1. The number of carbonyl (C=O) groups excluding carboxylic acids is 1. The highest BCUT2D eigenvalue weighted by Gasteiger charge is 2.31. The zero-order chi connectivity index (χ0) is 14.8. The smallest absolute Gasteiger partial charge is 0.255 e. The number of aryl methyl sites for hydroxylation is 2. The van der Waals surface area contributed by atoms with Gasteiger partial charge in [0, 0.05) is 19.3 Å². The van der Waals surface area contributed by atoms with Crippen LogP contribution in [0.2, 0.25) is 0 Å². The highest BCUT2D eigenvalue weighted by atomic mass is 16.1. The van der Waals surface area contributed by atoms with Crippen molar-refractivity contribution >= 4 is 5.91 Å². The molecule has 1 aromatic heterocycles. The van der Waals surface area contributed by atoms with E-state index >= 15 is 0 Å². The van der Waals surface area contributed by atoms with Crippen LogP contribution in [0.4, 0.5) is 0 Å². The summed E-state index contributed by atoms with van der Waals surface area (Å²) in [5.74, 6) is -0.0218. The molecule has 0 spiro atoms. The molecule has 0 radical (unpaired) electrons. The van der Waals surface area contributed by atoms with E-state index in [1.54, 1.807) is 4.68 Å². The fourth-order valence-corrected chi connectivity index (χ4v) is 3.21. The number of hydrogen-bond acceptors (Lipinski definition) is 3. The molecule has 112 valence electrons. The van der Waals surface area contributed by atoms with Crippen molar-refractivity contribution in [2.75, 3.05) is 13.1 Å². The Kier molecular flexibility index (Phi) is 4.48. The van der Waals surface area contributed by atoms with Crippen molar-refractivity contribution in [3.63, 3.8) is 0 Å². The van der Waals surface area contributed by atoms with Crippen LogP contribution in [-0.4, -0.2) is 28.8 Å². The summed E-state index contributed by atoms with van der Waals surface area (Å²) < 4.78 is 1.75. The van der Waals surface area contributed by atoms with Gasteiger partial charge < -0.3 is 11.1 Å². The first-order valence-electron chi connectivity index (χ1n) is 7.47. The number of aromatic nitrogens is 2. The second-order valence-corrected chi connectivity index (χ2v) is 6.12. The molecule has 0 atom stereocenters. The largest absolute Gasteiger partial charge is 0.351 e. The van der Waals surface area contributed by atoms with E-state index in [2.05, 4.69) is 10.4 Å². The van der Waals surface area contributed by atoms with Crippen LogP contribution in [0.5, 0.6) is 0 Å². The van der Waals surface area contributed by atoms with Gasteiger partial charge in [-0.25, -0.2) is 0 Å². The van der Waals surface area contributed by atoms with Gasteiger partial charge in [0.2, 0.25) is 0 Å². The van der Waals surface area contributed by atoms with Crippen molar-refractivity contribution in [1.82, 2.24) is 15.1 Å². The zero-order valence-electron chi connectivity index (χ0n) is 12.8. The highest BCUT2D eigenvalue weighted by Crippen LogP contribution is 2.34. The predicted octanol–water partition coefficient (Wildman–Crippen LogP) is 1.68. The molecule has 5 heteroatoms. The lowest BCUT2D eigenvalue weighted by atomic mass is 9.74. The predicted molar refractivity (Wildman–Crippen MR) is 79.6 cm³/mol. The summed E-state index contributed by atoms with van der Waals surface area (Å²) in [4.78, 5) is 12.4. The maximum Gasteiger partial charge on any atom is 0.255 e. The molecular formula is C15H26N4O. The van der Waals surface area contributed by atoms with Crippen molar-refractivity contribution in [3.8, 4) is 0 Å². The molecule has 20 heavy (non-hydrogen) atoms. The van der Waals surface area contributed by atoms with Crippen molar-refractivity contribution in [1.29, 1.82) is 0 Å². The van der Waals surface area contributed by atoms with E-state index in [4.69, 9.17) is 5.73 Å². The van der Waals surface area contributed by atoms with Crippen LogP contribution in [0.3, 0.4) is 0 Å². The summed E-state index contributed by atoms with van der Waals surface area (Å²) in [5.41, 5.74) is 8.45. The van der Waals surface area contributed by atoms with Crippen molar-refractivity contribution < 1.29 is 4.79 Å². The van der Waals surface area contributed by atoms with Crippen LogP contribution in [0.15, 0.2) is 0 Å². The first-order valence-corrected chi connectivity index (χ1v) is 7.47. The van der Waals surface area contributed by atoms with Gasteiger partial charge in [-0.3, -0.25) is 9.48 Å². The van der Waals surface area contributed by atoms with Crippen LogP contribution in [0.25, 0.3) is 0 Å². The Bertz CT molecular complexity index is 486. The first kappa shape index (κ1) is 15.0. The van der Waals surface area contributed by atoms with Crippen LogP contribution < -0.4 is 11.1 Å². The van der Waals surface area contributed by atoms with E-state index in [9.17, 15) is 4.79 Å². The van der Waals surface area contributed by atoms with Gasteiger partial charge in [0.25, 0.3) is 5.91 Å². The molecule has 1 aliphatic rings. The van der Waals surface area contributed by atoms with Gasteiger partial charge in [-0.2, -0.15) is 5.10 Å². The van der Waals surface area contributed by atoms with E-state index in [1.165, 1.54) is 19.3 Å². The lowest BCUT2D eigenvalue weighted by molar-refractivity contribution is 0.0912. The summed E-state index contributed by atoms with van der Waals surface area (Å²) in [6.07, 6.45) is 5.97. The third-order valence-corrected chi connectivity index (χ3v) is 4.71. The van der Waals surface area contributed by atoms with Gasteiger partial charge >= 0.3 is 0 Å². The number of rotatable bonds is 4. The monoisotopic (exact) mass is 278 g/mol. The number of hydrogen-bond donors (Lipinski definition) is 2. The number of nitrogens with zero attached hydrogens (tertiary/aromatic N) is 2. The molecule has 1 heterocycles. The SMILES string of the molecule is Cc1nn(C)c(C)c1C(=O)NCC1(CN)CCCCC1. The Morgan fingerprint density at radius 2 is 2.00 bits per heavy atom. The summed E-state index contributed by atoms with van der Waals surface area (Å²) in [6, 6.07) is 0. The Labute approximate surface area is 120 Å². The van der Waals surface area contributed by atoms with E-state index in [0.29, 0.717) is 18.7 Å². The second kappa shape index (κ2) is 5.95. The topological polar surface area (TPSA) is 72.9 Å². The molecule has 0 bridgehead atoms. The molecule has 0 unspecified atom stereocenters. The lowest BCUT2D eigenvalue weighted by Crippen LogP contribution is -2.43. The molecule has 1 amide bonds. The van der Waals surface area contributed by atoms with Gasteiger partial charge in [-0.1, -0.05) is 19.3 Å². The molecule has 1 saturated carbocycles. The molecule has 1 aliphatic carbocycles. The normalized spacial score (nSPS) is 18.0.